The number of rotatable bonds is 2. The van der Waals surface area contributed by atoms with Gasteiger partial charge in [0.05, 0.1) is 18.2 Å². The fraction of sp³-hybridized carbons (Fsp3) is 0.500. The molecule has 1 amide bonds. The first kappa shape index (κ1) is 13.6. The van der Waals surface area contributed by atoms with E-state index in [-0.39, 0.29) is 18.6 Å². The summed E-state index contributed by atoms with van der Waals surface area (Å²) in [4.78, 5) is 14.4. The predicted octanol–water partition coefficient (Wildman–Crippen LogP) is 2.83. The third-order valence-electron chi connectivity index (χ3n) is 3.45. The first-order valence-corrected chi connectivity index (χ1v) is 7.19. The molecule has 1 aromatic rings. The van der Waals surface area contributed by atoms with E-state index in [1.165, 1.54) is 0 Å². The molecule has 98 valence electrons. The molecule has 2 rings (SSSR count). The molecule has 0 bridgehead atoms. The molecule has 1 saturated heterocycles. The Hall–Kier alpha value is -0.870. The first-order chi connectivity index (χ1) is 8.74. The molecule has 1 aliphatic heterocycles. The second-order valence-electron chi connectivity index (χ2n) is 4.66. The van der Waals surface area contributed by atoms with E-state index in [1.54, 1.807) is 0 Å². The molecule has 0 aromatic heterocycles. The van der Waals surface area contributed by atoms with Gasteiger partial charge in [-0.15, -0.1) is 0 Å². The number of halogens is 1. The highest BCUT2D eigenvalue weighted by molar-refractivity contribution is 9.10. The molecule has 1 fully saturated rings. The molecule has 0 spiro atoms. The number of aliphatic hydroxyl groups is 1. The molecule has 1 atom stereocenters. The Balaban J connectivity index is 2.23. The Morgan fingerprint density at radius 2 is 2.11 bits per heavy atom. The van der Waals surface area contributed by atoms with Crippen LogP contribution in [0.25, 0.3) is 0 Å². The van der Waals surface area contributed by atoms with Gasteiger partial charge >= 0.3 is 0 Å². The van der Waals surface area contributed by atoms with Gasteiger partial charge in [-0.3, -0.25) is 4.79 Å². The molecule has 0 aliphatic carbocycles. The van der Waals surface area contributed by atoms with Gasteiger partial charge < -0.3 is 10.0 Å². The maximum absolute atomic E-state index is 12.5. The highest BCUT2D eigenvalue weighted by atomic mass is 79.9. The monoisotopic (exact) mass is 311 g/mol. The standard InChI is InChI=1S/C14H18BrNO2/c15-13-8-4-3-7-12(13)14(18)16-9-5-1-2-6-11(16)10-17/h3-4,7-8,11,17H,1-2,5-6,9-10H2. The van der Waals surface area contributed by atoms with Gasteiger partial charge in [0.15, 0.2) is 0 Å². The van der Waals surface area contributed by atoms with Crippen molar-refractivity contribution in [3.8, 4) is 0 Å². The average Bonchev–Trinajstić information content (AvgIpc) is 2.63. The van der Waals surface area contributed by atoms with Crippen LogP contribution in [0.3, 0.4) is 0 Å². The summed E-state index contributed by atoms with van der Waals surface area (Å²) in [6.45, 7) is 0.793. The second kappa shape index (κ2) is 6.34. The number of amides is 1. The van der Waals surface area contributed by atoms with Crippen molar-refractivity contribution in [2.45, 2.75) is 31.7 Å². The number of nitrogens with zero attached hydrogens (tertiary/aromatic N) is 1. The third kappa shape index (κ3) is 2.93. The van der Waals surface area contributed by atoms with Gasteiger partial charge in [-0.25, -0.2) is 0 Å². The molecule has 1 unspecified atom stereocenters. The smallest absolute Gasteiger partial charge is 0.255 e. The minimum Gasteiger partial charge on any atom is -0.394 e. The van der Waals surface area contributed by atoms with Crippen LogP contribution >= 0.6 is 15.9 Å². The minimum atomic E-state index is -0.0351. The van der Waals surface area contributed by atoms with Crippen molar-refractivity contribution in [1.82, 2.24) is 4.90 Å². The lowest BCUT2D eigenvalue weighted by Crippen LogP contribution is -2.42. The molecule has 4 heteroatoms. The Labute approximate surface area is 116 Å². The van der Waals surface area contributed by atoms with Crippen LogP contribution in [0.15, 0.2) is 28.7 Å². The molecule has 1 aromatic carbocycles. The van der Waals surface area contributed by atoms with Crippen molar-refractivity contribution in [2.24, 2.45) is 0 Å². The first-order valence-electron chi connectivity index (χ1n) is 6.40. The van der Waals surface area contributed by atoms with Crippen molar-refractivity contribution < 1.29 is 9.90 Å². The minimum absolute atomic E-state index is 0.0171. The topological polar surface area (TPSA) is 40.5 Å². The van der Waals surface area contributed by atoms with E-state index in [9.17, 15) is 9.90 Å². The lowest BCUT2D eigenvalue weighted by molar-refractivity contribution is 0.0599. The van der Waals surface area contributed by atoms with E-state index in [1.807, 2.05) is 29.2 Å². The summed E-state index contributed by atoms with van der Waals surface area (Å²) < 4.78 is 0.816. The van der Waals surface area contributed by atoms with Crippen LogP contribution in [0.4, 0.5) is 0 Å². The average molecular weight is 312 g/mol. The van der Waals surface area contributed by atoms with Crippen LogP contribution in [0.5, 0.6) is 0 Å². The van der Waals surface area contributed by atoms with E-state index in [4.69, 9.17) is 0 Å². The number of carbonyl (C=O) groups is 1. The zero-order valence-electron chi connectivity index (χ0n) is 10.3. The van der Waals surface area contributed by atoms with Crippen LogP contribution in [0.2, 0.25) is 0 Å². The van der Waals surface area contributed by atoms with Gasteiger partial charge in [0.1, 0.15) is 0 Å². The van der Waals surface area contributed by atoms with E-state index < -0.39 is 0 Å². The summed E-state index contributed by atoms with van der Waals surface area (Å²) in [6.07, 6.45) is 4.14. The highest BCUT2D eigenvalue weighted by Gasteiger charge is 2.26. The van der Waals surface area contributed by atoms with Crippen LogP contribution < -0.4 is 0 Å². The SMILES string of the molecule is O=C(c1ccccc1Br)N1CCCCCC1CO. The lowest BCUT2D eigenvalue weighted by atomic mass is 10.1. The van der Waals surface area contributed by atoms with Crippen molar-refractivity contribution in [2.75, 3.05) is 13.2 Å². The Morgan fingerprint density at radius 1 is 1.33 bits per heavy atom. The van der Waals surface area contributed by atoms with Gasteiger partial charge in [-0.05, 0) is 40.9 Å². The largest absolute Gasteiger partial charge is 0.394 e. The lowest BCUT2D eigenvalue weighted by Gasteiger charge is -2.29. The Bertz CT molecular complexity index is 422. The number of likely N-dealkylation sites (tertiary alicyclic amines) is 1. The van der Waals surface area contributed by atoms with Gasteiger partial charge in [-0.2, -0.15) is 0 Å². The highest BCUT2D eigenvalue weighted by Crippen LogP contribution is 2.23. The van der Waals surface area contributed by atoms with Crippen LogP contribution in [0, 0.1) is 0 Å². The molecule has 3 nitrogen and oxygen atoms in total. The maximum atomic E-state index is 12.5. The summed E-state index contributed by atoms with van der Waals surface area (Å²) in [6, 6.07) is 7.42. The fourth-order valence-electron chi connectivity index (χ4n) is 2.42. The normalized spacial score (nSPS) is 20.6. The maximum Gasteiger partial charge on any atom is 0.255 e. The molecular formula is C14H18BrNO2. The molecule has 0 saturated carbocycles. The summed E-state index contributed by atoms with van der Waals surface area (Å²) in [5.74, 6) is 0.0171. The quantitative estimate of drug-likeness (QED) is 0.912. The van der Waals surface area contributed by atoms with Crippen molar-refractivity contribution in [3.63, 3.8) is 0 Å². The van der Waals surface area contributed by atoms with E-state index in [2.05, 4.69) is 15.9 Å². The molecule has 18 heavy (non-hydrogen) atoms. The zero-order chi connectivity index (χ0) is 13.0. The van der Waals surface area contributed by atoms with Crippen molar-refractivity contribution in [3.05, 3.63) is 34.3 Å². The van der Waals surface area contributed by atoms with Crippen molar-refractivity contribution >= 4 is 21.8 Å². The van der Waals surface area contributed by atoms with Crippen LogP contribution in [-0.4, -0.2) is 35.1 Å². The molecule has 1 N–H and O–H groups in total. The van der Waals surface area contributed by atoms with E-state index in [0.29, 0.717) is 5.56 Å². The third-order valence-corrected chi connectivity index (χ3v) is 4.14. The molecular weight excluding hydrogens is 294 g/mol. The number of hydrogen-bond acceptors (Lipinski definition) is 2. The zero-order valence-corrected chi connectivity index (χ0v) is 11.9. The van der Waals surface area contributed by atoms with E-state index in [0.717, 1.165) is 36.7 Å². The fourth-order valence-corrected chi connectivity index (χ4v) is 2.88. The summed E-state index contributed by atoms with van der Waals surface area (Å²) in [5, 5.41) is 9.45. The number of aliphatic hydroxyl groups excluding tert-OH is 1. The Kier molecular flexibility index (Phi) is 4.78. The molecule has 1 heterocycles. The van der Waals surface area contributed by atoms with Gasteiger partial charge in [0.25, 0.3) is 5.91 Å². The second-order valence-corrected chi connectivity index (χ2v) is 5.52. The van der Waals surface area contributed by atoms with Gasteiger partial charge in [0.2, 0.25) is 0 Å². The number of hydrogen-bond donors (Lipinski definition) is 1. The summed E-state index contributed by atoms with van der Waals surface area (Å²) in [5.41, 5.74) is 0.679. The molecule has 0 radical (unpaired) electrons. The number of carbonyl (C=O) groups excluding carboxylic acids is 1. The summed E-state index contributed by atoms with van der Waals surface area (Å²) >= 11 is 3.41. The summed E-state index contributed by atoms with van der Waals surface area (Å²) in [7, 11) is 0. The number of benzene rings is 1. The predicted molar refractivity (Wildman–Crippen MR) is 74.5 cm³/mol. The van der Waals surface area contributed by atoms with Gasteiger partial charge in [0, 0.05) is 11.0 Å². The van der Waals surface area contributed by atoms with Crippen LogP contribution in [-0.2, 0) is 0 Å². The molecule has 1 aliphatic rings. The van der Waals surface area contributed by atoms with Gasteiger partial charge in [-0.1, -0.05) is 25.0 Å². The Morgan fingerprint density at radius 3 is 2.83 bits per heavy atom. The van der Waals surface area contributed by atoms with Crippen molar-refractivity contribution in [1.29, 1.82) is 0 Å². The van der Waals surface area contributed by atoms with Crippen LogP contribution in [0.1, 0.15) is 36.0 Å². The van der Waals surface area contributed by atoms with E-state index >= 15 is 0 Å².